The fraction of sp³-hybridized carbons (Fsp3) is 0.143. The zero-order valence-corrected chi connectivity index (χ0v) is 17.2. The molecule has 0 spiro atoms. The quantitative estimate of drug-likeness (QED) is 0.593. The zero-order chi connectivity index (χ0) is 21.9. The molecule has 3 aromatic rings. The molecule has 30 heavy (non-hydrogen) atoms. The Balaban J connectivity index is 2.18. The van der Waals surface area contributed by atoms with Gasteiger partial charge in [0.1, 0.15) is 0 Å². The van der Waals surface area contributed by atoms with E-state index in [4.69, 9.17) is 14.2 Å². The highest BCUT2D eigenvalue weighted by molar-refractivity contribution is 7.92. The standard InChI is InChI=1S/C21H19F2NO5S/c1-27-19-9-13(10-20(28-2)21(19)29-3)15-11-16(22)17(23)12-18(15)24-30(25,26)14-7-5-4-6-8-14/h4-12,24H,1-3H3. The number of rotatable bonds is 7. The summed E-state index contributed by atoms with van der Waals surface area (Å²) in [5.41, 5.74) is 0.272. The molecule has 0 radical (unpaired) electrons. The van der Waals surface area contributed by atoms with Gasteiger partial charge < -0.3 is 14.2 Å². The lowest BCUT2D eigenvalue weighted by Crippen LogP contribution is -2.14. The van der Waals surface area contributed by atoms with Crippen molar-refractivity contribution in [3.8, 4) is 28.4 Å². The lowest BCUT2D eigenvalue weighted by Gasteiger charge is -2.17. The molecule has 0 aliphatic carbocycles. The summed E-state index contributed by atoms with van der Waals surface area (Å²) < 4.78 is 71.7. The third-order valence-corrected chi connectivity index (χ3v) is 5.72. The number of hydrogen-bond donors (Lipinski definition) is 1. The molecule has 0 aliphatic rings. The van der Waals surface area contributed by atoms with Gasteiger partial charge in [0, 0.05) is 11.6 Å². The van der Waals surface area contributed by atoms with Gasteiger partial charge in [0.15, 0.2) is 23.1 Å². The molecule has 0 saturated carbocycles. The van der Waals surface area contributed by atoms with Gasteiger partial charge >= 0.3 is 0 Å². The van der Waals surface area contributed by atoms with Gasteiger partial charge in [-0.05, 0) is 35.9 Å². The van der Waals surface area contributed by atoms with E-state index in [1.807, 2.05) is 0 Å². The van der Waals surface area contributed by atoms with Gasteiger partial charge in [-0.3, -0.25) is 4.72 Å². The topological polar surface area (TPSA) is 73.9 Å². The summed E-state index contributed by atoms with van der Waals surface area (Å²) in [5.74, 6) is -1.49. The molecule has 3 rings (SSSR count). The van der Waals surface area contributed by atoms with Gasteiger partial charge in [-0.15, -0.1) is 0 Å². The maximum atomic E-state index is 14.1. The maximum absolute atomic E-state index is 14.1. The predicted octanol–water partition coefficient (Wildman–Crippen LogP) is 4.46. The Hall–Kier alpha value is -3.33. The first-order chi connectivity index (χ1) is 14.3. The molecule has 3 aromatic carbocycles. The van der Waals surface area contributed by atoms with Crippen LogP contribution in [0.2, 0.25) is 0 Å². The largest absolute Gasteiger partial charge is 0.493 e. The lowest BCUT2D eigenvalue weighted by atomic mass is 10.0. The van der Waals surface area contributed by atoms with Crippen molar-refractivity contribution in [1.29, 1.82) is 0 Å². The van der Waals surface area contributed by atoms with E-state index in [-0.39, 0.29) is 27.6 Å². The van der Waals surface area contributed by atoms with Crippen molar-refractivity contribution < 1.29 is 31.4 Å². The highest BCUT2D eigenvalue weighted by Gasteiger charge is 2.21. The molecule has 0 bridgehead atoms. The Morgan fingerprint density at radius 2 is 1.37 bits per heavy atom. The van der Waals surface area contributed by atoms with Gasteiger partial charge in [0.2, 0.25) is 5.75 Å². The van der Waals surface area contributed by atoms with Gasteiger partial charge in [0.25, 0.3) is 10.0 Å². The van der Waals surface area contributed by atoms with E-state index in [9.17, 15) is 17.2 Å². The predicted molar refractivity (Wildman–Crippen MR) is 109 cm³/mol. The molecule has 0 fully saturated rings. The van der Waals surface area contributed by atoms with Crippen molar-refractivity contribution in [3.63, 3.8) is 0 Å². The number of benzene rings is 3. The number of nitrogens with one attached hydrogen (secondary N) is 1. The summed E-state index contributed by atoms with van der Waals surface area (Å²) >= 11 is 0. The highest BCUT2D eigenvalue weighted by Crippen LogP contribution is 2.43. The summed E-state index contributed by atoms with van der Waals surface area (Å²) in [6.45, 7) is 0. The molecule has 0 saturated heterocycles. The van der Waals surface area contributed by atoms with Gasteiger partial charge in [-0.25, -0.2) is 17.2 Å². The van der Waals surface area contributed by atoms with E-state index in [2.05, 4.69) is 4.72 Å². The van der Waals surface area contributed by atoms with Crippen LogP contribution in [0.1, 0.15) is 0 Å². The van der Waals surface area contributed by atoms with E-state index in [1.54, 1.807) is 18.2 Å². The minimum atomic E-state index is -4.04. The third-order valence-electron chi connectivity index (χ3n) is 4.33. The fourth-order valence-corrected chi connectivity index (χ4v) is 4.00. The molecule has 0 heterocycles. The van der Waals surface area contributed by atoms with E-state index in [0.29, 0.717) is 11.3 Å². The first-order valence-electron chi connectivity index (χ1n) is 8.68. The van der Waals surface area contributed by atoms with Crippen LogP contribution in [0.4, 0.5) is 14.5 Å². The first-order valence-corrected chi connectivity index (χ1v) is 10.2. The molecule has 0 aromatic heterocycles. The van der Waals surface area contributed by atoms with Crippen LogP contribution in [-0.2, 0) is 10.0 Å². The fourth-order valence-electron chi connectivity index (χ4n) is 2.91. The first kappa shape index (κ1) is 21.4. The highest BCUT2D eigenvalue weighted by atomic mass is 32.2. The van der Waals surface area contributed by atoms with E-state index < -0.39 is 21.7 Å². The second-order valence-electron chi connectivity index (χ2n) is 6.14. The van der Waals surface area contributed by atoms with Crippen LogP contribution in [0.5, 0.6) is 17.2 Å². The molecule has 9 heteroatoms. The van der Waals surface area contributed by atoms with Crippen molar-refractivity contribution in [3.05, 3.63) is 66.2 Å². The van der Waals surface area contributed by atoms with Crippen molar-refractivity contribution in [1.82, 2.24) is 0 Å². The molecular weight excluding hydrogens is 416 g/mol. The number of anilines is 1. The minimum Gasteiger partial charge on any atom is -0.493 e. The van der Waals surface area contributed by atoms with Gasteiger partial charge in [0.05, 0.1) is 31.9 Å². The monoisotopic (exact) mass is 435 g/mol. The molecule has 158 valence electrons. The van der Waals surface area contributed by atoms with Crippen LogP contribution < -0.4 is 18.9 Å². The lowest BCUT2D eigenvalue weighted by molar-refractivity contribution is 0.324. The number of methoxy groups -OCH3 is 3. The molecule has 0 amide bonds. The number of hydrogen-bond acceptors (Lipinski definition) is 5. The Morgan fingerprint density at radius 3 is 1.90 bits per heavy atom. The number of halogens is 2. The summed E-state index contributed by atoms with van der Waals surface area (Å²) in [4.78, 5) is -0.0226. The van der Waals surface area contributed by atoms with Crippen LogP contribution in [0.15, 0.2) is 59.5 Å². The second kappa shape index (κ2) is 8.58. The van der Waals surface area contributed by atoms with E-state index >= 15 is 0 Å². The van der Waals surface area contributed by atoms with Crippen LogP contribution in [0.25, 0.3) is 11.1 Å². The molecule has 0 unspecified atom stereocenters. The zero-order valence-electron chi connectivity index (χ0n) is 16.4. The Morgan fingerprint density at radius 1 is 0.800 bits per heavy atom. The van der Waals surface area contributed by atoms with Crippen LogP contribution in [0.3, 0.4) is 0 Å². The van der Waals surface area contributed by atoms with Crippen LogP contribution in [0, 0.1) is 11.6 Å². The smallest absolute Gasteiger partial charge is 0.261 e. The summed E-state index contributed by atoms with van der Waals surface area (Å²) in [7, 11) is 0.200. The average Bonchev–Trinajstić information content (AvgIpc) is 2.75. The summed E-state index contributed by atoms with van der Waals surface area (Å²) in [6, 6.07) is 12.3. The number of ether oxygens (including phenoxy) is 3. The maximum Gasteiger partial charge on any atom is 0.261 e. The Bertz CT molecular complexity index is 1140. The molecule has 0 aliphatic heterocycles. The Labute approximate surface area is 173 Å². The molecule has 0 atom stereocenters. The molecular formula is C21H19F2NO5S. The van der Waals surface area contributed by atoms with E-state index in [1.165, 1.54) is 45.6 Å². The molecule has 1 N–H and O–H groups in total. The van der Waals surface area contributed by atoms with Crippen molar-refractivity contribution >= 4 is 15.7 Å². The van der Waals surface area contributed by atoms with E-state index in [0.717, 1.165) is 12.1 Å². The average molecular weight is 435 g/mol. The summed E-state index contributed by atoms with van der Waals surface area (Å²) in [5, 5.41) is 0. The second-order valence-corrected chi connectivity index (χ2v) is 7.83. The van der Waals surface area contributed by atoms with Crippen molar-refractivity contribution in [2.24, 2.45) is 0 Å². The Kier molecular flexibility index (Phi) is 6.12. The normalized spacial score (nSPS) is 11.1. The van der Waals surface area contributed by atoms with Crippen LogP contribution >= 0.6 is 0 Å². The SMILES string of the molecule is COc1cc(-c2cc(F)c(F)cc2NS(=O)(=O)c2ccccc2)cc(OC)c1OC. The summed E-state index contributed by atoms with van der Waals surface area (Å²) in [6.07, 6.45) is 0. The van der Waals surface area contributed by atoms with Crippen molar-refractivity contribution in [2.45, 2.75) is 4.90 Å². The molecule has 6 nitrogen and oxygen atoms in total. The third kappa shape index (κ3) is 4.16. The van der Waals surface area contributed by atoms with Crippen LogP contribution in [-0.4, -0.2) is 29.7 Å². The number of sulfonamides is 1. The minimum absolute atomic E-state index is 0.0226. The van der Waals surface area contributed by atoms with Crippen molar-refractivity contribution in [2.75, 3.05) is 26.1 Å². The van der Waals surface area contributed by atoms with Gasteiger partial charge in [-0.1, -0.05) is 18.2 Å². The van der Waals surface area contributed by atoms with Gasteiger partial charge in [-0.2, -0.15) is 0 Å².